The Morgan fingerprint density at radius 1 is 0.262 bits per heavy atom. The highest BCUT2D eigenvalue weighted by Gasteiger charge is 2.40. The maximum absolute atomic E-state index is 16.9. The lowest BCUT2D eigenvalue weighted by atomic mass is 10.2. The zero-order valence-electron chi connectivity index (χ0n) is 35.2. The summed E-state index contributed by atoms with van der Waals surface area (Å²) in [7, 11) is -3.99. The average Bonchev–Trinajstić information content (AvgIpc) is 3.39. The number of rotatable bonds is 13. The highest BCUT2D eigenvalue weighted by Crippen LogP contribution is 2.54. The van der Waals surface area contributed by atoms with Gasteiger partial charge in [-0.15, -0.1) is 0 Å². The van der Waals surface area contributed by atoms with Gasteiger partial charge in [-0.3, -0.25) is 19.0 Å². The monoisotopic (exact) mass is 859 g/mol. The number of para-hydroxylation sites is 6. The molecule has 312 valence electrons. The van der Waals surface area contributed by atoms with E-state index in [0.29, 0.717) is 45.3 Å². The third kappa shape index (κ3) is 8.42. The molecule has 0 radical (unpaired) electrons. The molecule has 0 aliphatic heterocycles. The molecule has 0 atom stereocenters. The van der Waals surface area contributed by atoms with E-state index in [1.165, 1.54) is 0 Å². The summed E-state index contributed by atoms with van der Waals surface area (Å²) in [5, 5.41) is 0. The molecule has 8 nitrogen and oxygen atoms in total. The number of pyridine rings is 4. The fourth-order valence-corrected chi connectivity index (χ4v) is 10.5. The molecular weight excluding hydrogens is 818 g/mol. The molecule has 0 saturated carbocycles. The van der Waals surface area contributed by atoms with Gasteiger partial charge in [-0.25, -0.2) is 19.9 Å². The van der Waals surface area contributed by atoms with Gasteiger partial charge in [0, 0.05) is 34.1 Å². The van der Waals surface area contributed by atoms with Gasteiger partial charge in [0.1, 0.15) is 22.5 Å². The van der Waals surface area contributed by atoms with Crippen LogP contribution in [0.25, 0.3) is 22.8 Å². The Morgan fingerprint density at radius 2 is 0.523 bits per heavy atom. The quantitative estimate of drug-likeness (QED) is 0.106. The molecule has 0 aliphatic rings. The highest BCUT2D eigenvalue weighted by molar-refractivity contribution is 7.80. The zero-order chi connectivity index (χ0) is 43.8. The van der Waals surface area contributed by atoms with Crippen LogP contribution in [-0.2, 0) is 4.57 Å². The van der Waals surface area contributed by atoms with Crippen LogP contribution in [-0.4, -0.2) is 19.9 Å². The van der Waals surface area contributed by atoms with E-state index >= 15 is 4.57 Å². The minimum Gasteiger partial charge on any atom is -0.295 e. The van der Waals surface area contributed by atoms with E-state index in [1.807, 2.05) is 211 Å². The Labute approximate surface area is 378 Å². The Bertz CT molecular complexity index is 2910. The average molecular weight is 860 g/mol. The van der Waals surface area contributed by atoms with Crippen molar-refractivity contribution in [3.8, 4) is 22.8 Å². The first-order chi connectivity index (χ1) is 32.1. The summed E-state index contributed by atoms with van der Waals surface area (Å²) in [4.78, 5) is 25.2. The Balaban J connectivity index is 1.12. The summed E-state index contributed by atoms with van der Waals surface area (Å²) < 4.78 is 18.8. The topological polar surface area (TPSA) is 78.4 Å². The zero-order valence-corrected chi connectivity index (χ0v) is 36.1. The van der Waals surface area contributed by atoms with Crippen molar-refractivity contribution in [3.63, 3.8) is 0 Å². The van der Waals surface area contributed by atoms with Crippen molar-refractivity contribution in [2.45, 2.75) is 0 Å². The lowest BCUT2D eigenvalue weighted by Gasteiger charge is -2.33. The van der Waals surface area contributed by atoms with Gasteiger partial charge < -0.3 is 0 Å². The van der Waals surface area contributed by atoms with E-state index in [0.717, 1.165) is 34.1 Å². The van der Waals surface area contributed by atoms with Crippen LogP contribution in [0, 0.1) is 0 Å². The third-order valence-electron chi connectivity index (χ3n) is 10.9. The van der Waals surface area contributed by atoms with E-state index in [9.17, 15) is 0 Å². The molecule has 4 aromatic heterocycles. The second kappa shape index (κ2) is 18.5. The molecule has 0 amide bonds. The number of anilines is 8. The third-order valence-corrected chi connectivity index (χ3v) is 13.6. The molecule has 0 spiro atoms. The molecule has 0 N–H and O–H groups in total. The molecule has 0 saturated heterocycles. The SMILES string of the molecule is O=P(c1cccc(-c2cccc(N(c3ccccc3)c3ccccc3)n2)n1)(c1cccc(-c2cccc(N(c3ccccc3)c3ccccc3)n2)n1)N(c1ccccc1)c1ccccc1. The molecular formula is C56H42N7OP. The van der Waals surface area contributed by atoms with Crippen LogP contribution in [0.15, 0.2) is 255 Å². The molecule has 0 aliphatic carbocycles. The molecule has 65 heavy (non-hydrogen) atoms. The summed E-state index contributed by atoms with van der Waals surface area (Å²) in [6.07, 6.45) is 0. The smallest absolute Gasteiger partial charge is 0.269 e. The van der Waals surface area contributed by atoms with Gasteiger partial charge in [0.2, 0.25) is 0 Å². The number of aromatic nitrogens is 4. The number of benzene rings is 6. The van der Waals surface area contributed by atoms with Gasteiger partial charge in [0.15, 0.2) is 0 Å². The predicted octanol–water partition coefficient (Wildman–Crippen LogP) is 13.6. The number of hydrogen-bond donors (Lipinski definition) is 0. The molecule has 0 fully saturated rings. The number of nitrogens with zero attached hydrogens (tertiary/aromatic N) is 7. The largest absolute Gasteiger partial charge is 0.295 e. The van der Waals surface area contributed by atoms with Gasteiger partial charge in [0.05, 0.1) is 22.8 Å². The minimum absolute atomic E-state index is 0.351. The van der Waals surface area contributed by atoms with E-state index in [2.05, 4.69) is 58.3 Å². The van der Waals surface area contributed by atoms with E-state index in [1.54, 1.807) is 0 Å². The Hall–Kier alpha value is -8.45. The molecule has 0 bridgehead atoms. The van der Waals surface area contributed by atoms with Crippen LogP contribution < -0.4 is 25.3 Å². The van der Waals surface area contributed by atoms with Gasteiger partial charge >= 0.3 is 0 Å². The summed E-state index contributed by atoms with van der Waals surface area (Å²) in [6.45, 7) is 0. The first kappa shape index (κ1) is 40.6. The summed E-state index contributed by atoms with van der Waals surface area (Å²) >= 11 is 0. The fourth-order valence-electron chi connectivity index (χ4n) is 7.92. The van der Waals surface area contributed by atoms with Crippen molar-refractivity contribution in [3.05, 3.63) is 255 Å². The molecule has 9 heteroatoms. The Morgan fingerprint density at radius 3 is 0.831 bits per heavy atom. The van der Waals surface area contributed by atoms with Crippen molar-refractivity contribution in [1.29, 1.82) is 0 Å². The lowest BCUT2D eigenvalue weighted by molar-refractivity contribution is 0.586. The van der Waals surface area contributed by atoms with Crippen LogP contribution >= 0.6 is 7.29 Å². The minimum atomic E-state index is -3.99. The second-order valence-corrected chi connectivity index (χ2v) is 17.6. The van der Waals surface area contributed by atoms with Gasteiger partial charge in [-0.1, -0.05) is 133 Å². The molecule has 10 rings (SSSR count). The van der Waals surface area contributed by atoms with Crippen molar-refractivity contribution in [2.75, 3.05) is 14.5 Å². The van der Waals surface area contributed by atoms with Crippen molar-refractivity contribution in [2.24, 2.45) is 0 Å². The van der Waals surface area contributed by atoms with Crippen molar-refractivity contribution >= 4 is 63.9 Å². The molecule has 0 unspecified atom stereocenters. The molecule has 6 aromatic carbocycles. The van der Waals surface area contributed by atoms with Crippen molar-refractivity contribution in [1.82, 2.24) is 19.9 Å². The van der Waals surface area contributed by atoms with Crippen LogP contribution in [0.2, 0.25) is 0 Å². The van der Waals surface area contributed by atoms with Crippen LogP contribution in [0.4, 0.5) is 45.8 Å². The van der Waals surface area contributed by atoms with Crippen LogP contribution in [0.5, 0.6) is 0 Å². The van der Waals surface area contributed by atoms with E-state index in [4.69, 9.17) is 19.9 Å². The first-order valence-electron chi connectivity index (χ1n) is 21.3. The van der Waals surface area contributed by atoms with Gasteiger partial charge in [-0.05, 0) is 121 Å². The number of hydrogen-bond acceptors (Lipinski definition) is 7. The fraction of sp³-hybridized carbons (Fsp3) is 0. The summed E-state index contributed by atoms with van der Waals surface area (Å²) in [5.41, 5.74) is 8.42. The molecule has 4 heterocycles. The summed E-state index contributed by atoms with van der Waals surface area (Å²) in [5.74, 6) is 1.43. The maximum Gasteiger partial charge on any atom is 0.269 e. The van der Waals surface area contributed by atoms with E-state index in [-0.39, 0.29) is 0 Å². The first-order valence-corrected chi connectivity index (χ1v) is 23.0. The van der Waals surface area contributed by atoms with Gasteiger partial charge in [-0.2, -0.15) is 0 Å². The second-order valence-electron chi connectivity index (χ2n) is 15.1. The normalized spacial score (nSPS) is 11.1. The van der Waals surface area contributed by atoms with E-state index < -0.39 is 7.29 Å². The van der Waals surface area contributed by atoms with Crippen molar-refractivity contribution < 1.29 is 4.57 Å². The van der Waals surface area contributed by atoms with Gasteiger partial charge in [0.25, 0.3) is 7.29 Å². The maximum atomic E-state index is 16.9. The summed E-state index contributed by atoms with van der Waals surface area (Å²) in [6, 6.07) is 83.3. The highest BCUT2D eigenvalue weighted by atomic mass is 31.2. The van der Waals surface area contributed by atoms with Crippen LogP contribution in [0.1, 0.15) is 0 Å². The lowest BCUT2D eigenvalue weighted by Crippen LogP contribution is -2.32. The Kier molecular flexibility index (Phi) is 11.6. The molecule has 10 aromatic rings. The van der Waals surface area contributed by atoms with Crippen LogP contribution in [0.3, 0.4) is 0 Å². The predicted molar refractivity (Wildman–Crippen MR) is 266 cm³/mol. The standard InChI is InChI=1S/C56H42N7OP/c64-65(63(47-31-15-5-16-32-47)48-33-17-6-18-34-48,55-41-21-37-51(59-55)49-35-19-39-53(57-49)61(43-23-7-1-8-24-43)44-25-9-2-10-26-44)56-42-22-38-52(60-56)50-36-20-40-54(58-50)62(45-27-11-3-12-28-45)46-29-13-4-14-30-46/h1-42H.